The highest BCUT2D eigenvalue weighted by molar-refractivity contribution is 5.77. The van der Waals surface area contributed by atoms with Crippen molar-refractivity contribution in [2.45, 2.75) is 32.2 Å². The van der Waals surface area contributed by atoms with Crippen LogP contribution in [0.3, 0.4) is 0 Å². The molecule has 1 amide bonds. The smallest absolute Gasteiger partial charge is 0.270 e. The van der Waals surface area contributed by atoms with Crippen molar-refractivity contribution in [2.24, 2.45) is 0 Å². The molecule has 0 radical (unpaired) electrons. The summed E-state index contributed by atoms with van der Waals surface area (Å²) in [4.78, 5) is 40.5. The van der Waals surface area contributed by atoms with Crippen LogP contribution < -0.4 is 10.9 Å². The van der Waals surface area contributed by atoms with Gasteiger partial charge in [0.1, 0.15) is 5.69 Å². The van der Waals surface area contributed by atoms with E-state index >= 15 is 0 Å². The lowest BCUT2D eigenvalue weighted by Crippen LogP contribution is -2.29. The number of benzene rings is 1. The Bertz CT molecular complexity index is 1160. The number of aryl methyl sites for hydroxylation is 1. The number of nitrogens with zero attached hydrogens (tertiary/aromatic N) is 4. The van der Waals surface area contributed by atoms with E-state index in [2.05, 4.69) is 25.3 Å². The van der Waals surface area contributed by atoms with Crippen molar-refractivity contribution >= 4 is 22.7 Å². The quantitative estimate of drug-likeness (QED) is 0.536. The Labute approximate surface area is 160 Å². The third-order valence-electron chi connectivity index (χ3n) is 4.61. The Morgan fingerprint density at radius 2 is 2.11 bits per heavy atom. The molecular weight excluding hydrogens is 356 g/mol. The largest absolute Gasteiger partial charge is 0.348 e. The number of carbonyl (C=O) groups is 1. The summed E-state index contributed by atoms with van der Waals surface area (Å²) >= 11 is 0. The second kappa shape index (κ2) is 7.59. The van der Waals surface area contributed by atoms with Crippen molar-refractivity contribution in [1.29, 1.82) is 0 Å². The summed E-state index contributed by atoms with van der Waals surface area (Å²) in [5, 5.41) is 2.99. The first kappa shape index (κ1) is 17.8. The van der Waals surface area contributed by atoms with Crippen LogP contribution in [-0.4, -0.2) is 30.2 Å². The molecule has 0 aliphatic rings. The van der Waals surface area contributed by atoms with Crippen LogP contribution in [0.1, 0.15) is 37.2 Å². The van der Waals surface area contributed by atoms with Crippen molar-refractivity contribution in [3.8, 4) is 0 Å². The Balaban J connectivity index is 1.44. The predicted octanol–water partition coefficient (Wildman–Crippen LogP) is 2.17. The predicted molar refractivity (Wildman–Crippen MR) is 105 cm³/mol. The number of hydrogen-bond acceptors (Lipinski definition) is 5. The molecule has 3 heterocycles. The Morgan fingerprint density at radius 1 is 1.25 bits per heavy atom. The lowest BCUT2D eigenvalue weighted by molar-refractivity contribution is -0.121. The number of aromatic amines is 1. The number of hydrogen-bond donors (Lipinski definition) is 2. The first-order valence-corrected chi connectivity index (χ1v) is 9.21. The third-order valence-corrected chi connectivity index (χ3v) is 4.61. The fourth-order valence-corrected chi connectivity index (χ4v) is 3.14. The van der Waals surface area contributed by atoms with Crippen molar-refractivity contribution in [2.75, 3.05) is 0 Å². The molecular formula is C20H20N6O2. The second-order valence-electron chi connectivity index (χ2n) is 6.55. The van der Waals surface area contributed by atoms with Gasteiger partial charge in [0.2, 0.25) is 11.7 Å². The molecule has 2 N–H and O–H groups in total. The minimum absolute atomic E-state index is 0.147. The number of fused-ring (bicyclic) bond motifs is 2. The molecule has 0 saturated carbocycles. The molecule has 28 heavy (non-hydrogen) atoms. The van der Waals surface area contributed by atoms with E-state index < -0.39 is 0 Å². The van der Waals surface area contributed by atoms with E-state index in [1.165, 1.54) is 0 Å². The highest BCUT2D eigenvalue weighted by Gasteiger charge is 2.17. The maximum Gasteiger partial charge on any atom is 0.270 e. The summed E-state index contributed by atoms with van der Waals surface area (Å²) in [5.74, 6) is 0.448. The Kier molecular flexibility index (Phi) is 4.84. The standard InChI is InChI=1S/C20H20N6O2/c1-2-13(17-12-26-11-5-10-21-20(26)25-17)23-18(27)9-8-16-19(28)24-15-7-4-3-6-14(15)22-16/h3-7,10-13H,2,8-9H2,1H3,(H,23,27)(H,24,28). The van der Waals surface area contributed by atoms with E-state index in [1.54, 1.807) is 12.3 Å². The number of aromatic nitrogens is 5. The highest BCUT2D eigenvalue weighted by Crippen LogP contribution is 2.16. The van der Waals surface area contributed by atoms with Crippen LogP contribution in [0.4, 0.5) is 0 Å². The average Bonchev–Trinajstić information content (AvgIpc) is 3.14. The van der Waals surface area contributed by atoms with Gasteiger partial charge in [-0.25, -0.2) is 15.0 Å². The zero-order chi connectivity index (χ0) is 19.5. The molecule has 0 spiro atoms. The average molecular weight is 376 g/mol. The molecule has 0 bridgehead atoms. The Hall–Kier alpha value is -3.55. The maximum atomic E-state index is 12.4. The SMILES string of the molecule is CCC(NC(=O)CCc1nc2ccccc2[nH]c1=O)c1cn2cccnc2n1. The second-order valence-corrected chi connectivity index (χ2v) is 6.55. The number of nitrogens with one attached hydrogen (secondary N) is 2. The van der Waals surface area contributed by atoms with E-state index in [0.717, 1.165) is 5.69 Å². The van der Waals surface area contributed by atoms with Crippen molar-refractivity contribution in [3.63, 3.8) is 0 Å². The van der Waals surface area contributed by atoms with Gasteiger partial charge in [0, 0.05) is 31.4 Å². The molecule has 142 valence electrons. The van der Waals surface area contributed by atoms with Crippen molar-refractivity contribution in [1.82, 2.24) is 29.7 Å². The van der Waals surface area contributed by atoms with Crippen LogP contribution in [0, 0.1) is 0 Å². The third kappa shape index (κ3) is 3.62. The first-order chi connectivity index (χ1) is 13.6. The van der Waals surface area contributed by atoms with Gasteiger partial charge in [0.25, 0.3) is 5.56 Å². The van der Waals surface area contributed by atoms with E-state index in [1.807, 2.05) is 48.0 Å². The van der Waals surface area contributed by atoms with E-state index in [-0.39, 0.29) is 30.3 Å². The molecule has 1 atom stereocenters. The molecule has 0 saturated heterocycles. The van der Waals surface area contributed by atoms with Gasteiger partial charge in [0.15, 0.2) is 0 Å². The zero-order valence-electron chi connectivity index (χ0n) is 15.4. The molecule has 1 unspecified atom stereocenters. The summed E-state index contributed by atoms with van der Waals surface area (Å²) < 4.78 is 1.82. The summed E-state index contributed by atoms with van der Waals surface area (Å²) in [7, 11) is 0. The van der Waals surface area contributed by atoms with Crippen LogP contribution in [0.15, 0.2) is 53.7 Å². The zero-order valence-corrected chi connectivity index (χ0v) is 15.4. The van der Waals surface area contributed by atoms with E-state index in [0.29, 0.717) is 28.9 Å². The summed E-state index contributed by atoms with van der Waals surface area (Å²) in [6, 6.07) is 8.95. The van der Waals surface area contributed by atoms with Gasteiger partial charge in [-0.15, -0.1) is 0 Å². The Morgan fingerprint density at radius 3 is 2.93 bits per heavy atom. The van der Waals surface area contributed by atoms with Gasteiger partial charge in [-0.05, 0) is 24.6 Å². The molecule has 1 aromatic carbocycles. The molecule has 8 heteroatoms. The lowest BCUT2D eigenvalue weighted by Gasteiger charge is -2.14. The summed E-state index contributed by atoms with van der Waals surface area (Å²) in [6.45, 7) is 1.98. The van der Waals surface area contributed by atoms with Crippen molar-refractivity contribution < 1.29 is 4.79 Å². The molecule has 8 nitrogen and oxygen atoms in total. The number of para-hydroxylation sites is 2. The number of rotatable bonds is 6. The molecule has 4 rings (SSSR count). The van der Waals surface area contributed by atoms with Crippen LogP contribution in [0.5, 0.6) is 0 Å². The number of H-pyrrole nitrogens is 1. The van der Waals surface area contributed by atoms with Gasteiger partial charge in [0.05, 0.1) is 22.8 Å². The highest BCUT2D eigenvalue weighted by atomic mass is 16.1. The number of carbonyl (C=O) groups excluding carboxylic acids is 1. The first-order valence-electron chi connectivity index (χ1n) is 9.21. The van der Waals surface area contributed by atoms with E-state index in [4.69, 9.17) is 0 Å². The molecule has 0 aliphatic carbocycles. The topological polar surface area (TPSA) is 105 Å². The minimum Gasteiger partial charge on any atom is -0.348 e. The summed E-state index contributed by atoms with van der Waals surface area (Å²) in [6.07, 6.45) is 6.56. The molecule has 0 fully saturated rings. The monoisotopic (exact) mass is 376 g/mol. The maximum absolute atomic E-state index is 12.4. The van der Waals surface area contributed by atoms with Gasteiger partial charge >= 0.3 is 0 Å². The van der Waals surface area contributed by atoms with Crippen LogP contribution in [0.2, 0.25) is 0 Å². The minimum atomic E-state index is -0.259. The van der Waals surface area contributed by atoms with Crippen LogP contribution in [0.25, 0.3) is 16.8 Å². The summed E-state index contributed by atoms with van der Waals surface area (Å²) in [5.41, 5.74) is 2.26. The molecule has 3 aromatic heterocycles. The lowest BCUT2D eigenvalue weighted by atomic mass is 10.1. The van der Waals surface area contributed by atoms with Gasteiger partial charge < -0.3 is 10.3 Å². The number of imidazole rings is 1. The van der Waals surface area contributed by atoms with Gasteiger partial charge in [-0.3, -0.25) is 14.0 Å². The molecule has 4 aromatic rings. The van der Waals surface area contributed by atoms with Gasteiger partial charge in [-0.2, -0.15) is 0 Å². The van der Waals surface area contributed by atoms with Crippen molar-refractivity contribution in [3.05, 3.63) is 70.7 Å². The fourth-order valence-electron chi connectivity index (χ4n) is 3.14. The number of amides is 1. The van der Waals surface area contributed by atoms with Gasteiger partial charge in [-0.1, -0.05) is 19.1 Å². The molecule has 0 aliphatic heterocycles. The van der Waals surface area contributed by atoms with Crippen LogP contribution >= 0.6 is 0 Å². The fraction of sp³-hybridized carbons (Fsp3) is 0.250. The normalized spacial score (nSPS) is 12.3. The van der Waals surface area contributed by atoms with E-state index in [9.17, 15) is 9.59 Å². The van der Waals surface area contributed by atoms with Crippen LogP contribution in [-0.2, 0) is 11.2 Å².